The van der Waals surface area contributed by atoms with Crippen LogP contribution in [0.2, 0.25) is 0 Å². The first-order valence-corrected chi connectivity index (χ1v) is 4.89. The molecule has 1 N–H and O–H groups in total. The van der Waals surface area contributed by atoms with Gasteiger partial charge in [0, 0.05) is 11.4 Å². The number of phenols is 1. The summed E-state index contributed by atoms with van der Waals surface area (Å²) in [6, 6.07) is 3.38. The number of rotatable bonds is 3. The average molecular weight is 217 g/mol. The predicted molar refractivity (Wildman–Crippen MR) is 57.3 cm³/mol. The summed E-state index contributed by atoms with van der Waals surface area (Å²) in [6.07, 6.45) is 1.70. The van der Waals surface area contributed by atoms with Gasteiger partial charge >= 0.3 is 0 Å². The molecule has 0 bridgehead atoms. The zero-order valence-electron chi connectivity index (χ0n) is 7.06. The normalized spacial score (nSPS) is 10.0. The van der Waals surface area contributed by atoms with Crippen LogP contribution >= 0.6 is 23.2 Å². The summed E-state index contributed by atoms with van der Waals surface area (Å²) in [4.78, 5) is 0. The molecule has 0 aliphatic heterocycles. The van der Waals surface area contributed by atoms with E-state index in [1.54, 1.807) is 18.2 Å². The molecule has 0 heterocycles. The van der Waals surface area contributed by atoms with E-state index in [2.05, 4.69) is 6.58 Å². The Morgan fingerprint density at radius 1 is 1.23 bits per heavy atom. The number of alkyl halides is 2. The quantitative estimate of drug-likeness (QED) is 0.768. The third-order valence-electron chi connectivity index (χ3n) is 1.93. The van der Waals surface area contributed by atoms with Gasteiger partial charge < -0.3 is 5.11 Å². The Kier molecular flexibility index (Phi) is 3.64. The summed E-state index contributed by atoms with van der Waals surface area (Å²) in [5, 5.41) is 9.47. The number of halogens is 2. The van der Waals surface area contributed by atoms with Crippen LogP contribution in [0.4, 0.5) is 0 Å². The van der Waals surface area contributed by atoms with Crippen molar-refractivity contribution in [3.8, 4) is 5.75 Å². The highest BCUT2D eigenvalue weighted by molar-refractivity contribution is 6.19. The number of aromatic hydroxyl groups is 1. The van der Waals surface area contributed by atoms with Gasteiger partial charge in [-0.15, -0.1) is 23.2 Å². The van der Waals surface area contributed by atoms with Crippen LogP contribution in [0.5, 0.6) is 5.75 Å². The molecular weight excluding hydrogens is 207 g/mol. The van der Waals surface area contributed by atoms with Crippen LogP contribution in [0.3, 0.4) is 0 Å². The van der Waals surface area contributed by atoms with E-state index in [9.17, 15) is 5.11 Å². The minimum Gasteiger partial charge on any atom is -0.508 e. The lowest BCUT2D eigenvalue weighted by Crippen LogP contribution is -1.92. The lowest BCUT2D eigenvalue weighted by Gasteiger charge is -2.09. The fourth-order valence-corrected chi connectivity index (χ4v) is 1.81. The summed E-state index contributed by atoms with van der Waals surface area (Å²) in [5.74, 6) is 0.782. The Labute approximate surface area is 87.6 Å². The van der Waals surface area contributed by atoms with Crippen LogP contribution in [0.1, 0.15) is 16.7 Å². The van der Waals surface area contributed by atoms with Crippen LogP contribution in [0.15, 0.2) is 18.7 Å². The van der Waals surface area contributed by atoms with E-state index in [4.69, 9.17) is 23.2 Å². The van der Waals surface area contributed by atoms with Crippen molar-refractivity contribution in [2.75, 3.05) is 0 Å². The number of benzene rings is 1. The fraction of sp³-hybridized carbons (Fsp3) is 0.200. The molecule has 0 unspecified atom stereocenters. The Morgan fingerprint density at radius 3 is 2.31 bits per heavy atom. The molecule has 1 nitrogen and oxygen atoms in total. The minimum absolute atomic E-state index is 0.191. The highest BCUT2D eigenvalue weighted by atomic mass is 35.5. The molecular formula is C10H10Cl2O. The smallest absolute Gasteiger partial charge is 0.120 e. The van der Waals surface area contributed by atoms with Crippen molar-refractivity contribution in [1.29, 1.82) is 0 Å². The van der Waals surface area contributed by atoms with Gasteiger partial charge in [-0.3, -0.25) is 0 Å². The van der Waals surface area contributed by atoms with Gasteiger partial charge in [-0.2, -0.15) is 0 Å². The maximum Gasteiger partial charge on any atom is 0.120 e. The van der Waals surface area contributed by atoms with E-state index in [0.29, 0.717) is 11.4 Å². The monoisotopic (exact) mass is 216 g/mol. The number of hydrogen-bond acceptors (Lipinski definition) is 1. The summed E-state index contributed by atoms with van der Waals surface area (Å²) < 4.78 is 0. The number of phenolic OH excluding ortho intramolecular Hbond substituents is 1. The Morgan fingerprint density at radius 2 is 1.85 bits per heavy atom. The van der Waals surface area contributed by atoms with Gasteiger partial charge in [-0.05, 0) is 17.2 Å². The molecule has 3 heteroatoms. The first-order chi connectivity index (χ1) is 6.24. The molecule has 0 spiro atoms. The van der Waals surface area contributed by atoms with Gasteiger partial charge in [-0.25, -0.2) is 0 Å². The molecule has 0 amide bonds. The summed E-state index contributed by atoms with van der Waals surface area (Å²) in [6.45, 7) is 3.66. The SMILES string of the molecule is C=Cc1ccc(O)c(CCl)c1CCl. The Hall–Kier alpha value is -0.660. The van der Waals surface area contributed by atoms with Gasteiger partial charge in [0.15, 0.2) is 0 Å². The maximum atomic E-state index is 9.47. The summed E-state index contributed by atoms with van der Waals surface area (Å²) in [7, 11) is 0. The molecule has 0 saturated carbocycles. The molecule has 0 atom stereocenters. The predicted octanol–water partition coefficient (Wildman–Crippen LogP) is 3.51. The second-order valence-electron chi connectivity index (χ2n) is 2.60. The molecule has 70 valence electrons. The number of hydrogen-bond donors (Lipinski definition) is 1. The van der Waals surface area contributed by atoms with E-state index in [0.717, 1.165) is 11.1 Å². The highest BCUT2D eigenvalue weighted by Gasteiger charge is 2.09. The van der Waals surface area contributed by atoms with Crippen LogP contribution < -0.4 is 0 Å². The molecule has 1 aromatic carbocycles. The average Bonchev–Trinajstić information content (AvgIpc) is 2.17. The Bertz CT molecular complexity index is 321. The van der Waals surface area contributed by atoms with E-state index >= 15 is 0 Å². The van der Waals surface area contributed by atoms with E-state index < -0.39 is 0 Å². The van der Waals surface area contributed by atoms with Gasteiger partial charge in [0.2, 0.25) is 0 Å². The van der Waals surface area contributed by atoms with E-state index in [-0.39, 0.29) is 11.6 Å². The molecule has 0 radical (unpaired) electrons. The molecule has 0 aliphatic rings. The van der Waals surface area contributed by atoms with Crippen molar-refractivity contribution in [2.24, 2.45) is 0 Å². The molecule has 13 heavy (non-hydrogen) atoms. The minimum atomic E-state index is 0.191. The highest BCUT2D eigenvalue weighted by Crippen LogP contribution is 2.28. The van der Waals surface area contributed by atoms with E-state index in [1.807, 2.05) is 0 Å². The van der Waals surface area contributed by atoms with Crippen LogP contribution in [0, 0.1) is 0 Å². The molecule has 1 rings (SSSR count). The van der Waals surface area contributed by atoms with Crippen molar-refractivity contribution < 1.29 is 5.11 Å². The van der Waals surface area contributed by atoms with Crippen molar-refractivity contribution in [2.45, 2.75) is 11.8 Å². The van der Waals surface area contributed by atoms with Crippen molar-refractivity contribution in [3.05, 3.63) is 35.4 Å². The van der Waals surface area contributed by atoms with Crippen LogP contribution in [-0.4, -0.2) is 5.11 Å². The second-order valence-corrected chi connectivity index (χ2v) is 3.14. The molecule has 0 aliphatic carbocycles. The van der Waals surface area contributed by atoms with Gasteiger partial charge in [-0.1, -0.05) is 18.7 Å². The maximum absolute atomic E-state index is 9.47. The lowest BCUT2D eigenvalue weighted by atomic mass is 10.0. The molecule has 0 fully saturated rings. The lowest BCUT2D eigenvalue weighted by molar-refractivity contribution is 0.470. The van der Waals surface area contributed by atoms with Crippen molar-refractivity contribution in [3.63, 3.8) is 0 Å². The summed E-state index contributed by atoms with van der Waals surface area (Å²) >= 11 is 11.4. The van der Waals surface area contributed by atoms with Gasteiger partial charge in [0.25, 0.3) is 0 Å². The van der Waals surface area contributed by atoms with E-state index in [1.165, 1.54) is 0 Å². The zero-order chi connectivity index (χ0) is 9.84. The second kappa shape index (κ2) is 4.54. The standard InChI is InChI=1S/C10H10Cl2O/c1-2-7-3-4-10(13)9(6-12)8(7)5-11/h2-4,13H,1,5-6H2. The van der Waals surface area contributed by atoms with Crippen LogP contribution in [0.25, 0.3) is 6.08 Å². The first kappa shape index (κ1) is 10.4. The topological polar surface area (TPSA) is 20.2 Å². The van der Waals surface area contributed by atoms with Gasteiger partial charge in [0.05, 0.1) is 5.88 Å². The first-order valence-electron chi connectivity index (χ1n) is 3.82. The molecule has 0 aromatic heterocycles. The molecule has 1 aromatic rings. The van der Waals surface area contributed by atoms with Gasteiger partial charge in [0.1, 0.15) is 5.75 Å². The Balaban J connectivity index is 3.35. The largest absolute Gasteiger partial charge is 0.508 e. The third-order valence-corrected chi connectivity index (χ3v) is 2.46. The van der Waals surface area contributed by atoms with Crippen molar-refractivity contribution in [1.82, 2.24) is 0 Å². The zero-order valence-corrected chi connectivity index (χ0v) is 8.57. The molecule has 0 saturated heterocycles. The third kappa shape index (κ3) is 1.98. The summed E-state index contributed by atoms with van der Waals surface area (Å²) in [5.41, 5.74) is 2.46. The van der Waals surface area contributed by atoms with Crippen molar-refractivity contribution >= 4 is 29.3 Å². The fourth-order valence-electron chi connectivity index (χ4n) is 1.20. The van der Waals surface area contributed by atoms with Crippen LogP contribution in [-0.2, 0) is 11.8 Å².